The van der Waals surface area contributed by atoms with Gasteiger partial charge in [0.15, 0.2) is 16.8 Å². The maximum Gasteiger partial charge on any atom is 0.332 e. The van der Waals surface area contributed by atoms with Crippen molar-refractivity contribution in [2.75, 3.05) is 11.5 Å². The van der Waals surface area contributed by atoms with Crippen LogP contribution in [0.15, 0.2) is 69.3 Å². The lowest BCUT2D eigenvalue weighted by Crippen LogP contribution is -2.41. The fourth-order valence-electron chi connectivity index (χ4n) is 3.28. The van der Waals surface area contributed by atoms with E-state index in [0.717, 1.165) is 26.5 Å². The molecule has 0 saturated carbocycles. The van der Waals surface area contributed by atoms with Gasteiger partial charge >= 0.3 is 5.69 Å². The van der Waals surface area contributed by atoms with E-state index in [4.69, 9.17) is 5.73 Å². The van der Waals surface area contributed by atoms with Crippen LogP contribution in [0.4, 0.5) is 10.2 Å². The van der Waals surface area contributed by atoms with Crippen molar-refractivity contribution in [1.82, 2.24) is 23.9 Å². The summed E-state index contributed by atoms with van der Waals surface area (Å²) in [6.45, 7) is 0. The Hall–Kier alpha value is -3.99. The second-order valence-corrected chi connectivity index (χ2v) is 8.10. The highest BCUT2D eigenvalue weighted by atomic mass is 32.2. The number of Topliss-reactive ketones (excluding diaryl/α,β-unsaturated/α-hetero) is 1. The smallest absolute Gasteiger partial charge is 0.332 e. The molecular weight excluding hydrogens is 447 g/mol. The van der Waals surface area contributed by atoms with E-state index in [1.54, 1.807) is 16.7 Å². The third-order valence-corrected chi connectivity index (χ3v) is 6.00. The second-order valence-electron chi connectivity index (χ2n) is 7.16. The molecule has 0 radical (unpaired) electrons. The minimum absolute atomic E-state index is 0.175. The van der Waals surface area contributed by atoms with Crippen molar-refractivity contribution in [2.24, 2.45) is 14.1 Å². The van der Waals surface area contributed by atoms with Crippen LogP contribution in [0.3, 0.4) is 0 Å². The number of thioether (sulfide) groups is 1. The topological polar surface area (TPSA) is 118 Å². The molecule has 4 aromatic rings. The highest BCUT2D eigenvalue weighted by molar-refractivity contribution is 7.99. The Balaban J connectivity index is 1.72. The minimum atomic E-state index is -0.758. The third-order valence-electron chi connectivity index (χ3n) is 5.07. The lowest BCUT2D eigenvalue weighted by Gasteiger charge is -2.12. The van der Waals surface area contributed by atoms with Crippen molar-refractivity contribution in [3.63, 3.8) is 0 Å². The van der Waals surface area contributed by atoms with Gasteiger partial charge in [-0.15, -0.1) is 10.2 Å². The highest BCUT2D eigenvalue weighted by Gasteiger charge is 2.22. The molecule has 33 heavy (non-hydrogen) atoms. The van der Waals surface area contributed by atoms with Gasteiger partial charge in [-0.05, 0) is 24.3 Å². The molecule has 2 aromatic heterocycles. The lowest BCUT2D eigenvalue weighted by atomic mass is 10.2. The zero-order valence-corrected chi connectivity index (χ0v) is 18.5. The fraction of sp³-hybridized carbons (Fsp3) is 0.136. The van der Waals surface area contributed by atoms with Crippen molar-refractivity contribution >= 4 is 23.4 Å². The minimum Gasteiger partial charge on any atom is -0.384 e. The summed E-state index contributed by atoms with van der Waals surface area (Å²) >= 11 is 1.05. The van der Waals surface area contributed by atoms with E-state index in [1.807, 2.05) is 30.3 Å². The largest absolute Gasteiger partial charge is 0.384 e. The Kier molecular flexibility index (Phi) is 5.97. The van der Waals surface area contributed by atoms with Crippen LogP contribution in [0.25, 0.3) is 17.1 Å². The Morgan fingerprint density at radius 3 is 2.33 bits per heavy atom. The summed E-state index contributed by atoms with van der Waals surface area (Å²) < 4.78 is 17.1. The van der Waals surface area contributed by atoms with Gasteiger partial charge in [0.05, 0.1) is 5.75 Å². The van der Waals surface area contributed by atoms with E-state index in [2.05, 4.69) is 10.2 Å². The number of aromatic nitrogens is 5. The molecular formula is C22H19FN6O3S. The molecule has 0 aliphatic rings. The summed E-state index contributed by atoms with van der Waals surface area (Å²) in [5.41, 5.74) is 5.64. The first-order valence-electron chi connectivity index (χ1n) is 9.78. The average Bonchev–Trinajstić information content (AvgIpc) is 3.25. The maximum atomic E-state index is 13.5. The standard InChI is InChI=1S/C22H19FN6O3S/c1-27-18(24)17(20(31)28(2)22(27)32)16(30)12-33-21-26-25-19(13-6-4-3-5-7-13)29(21)15-10-8-14(23)9-11-15/h3-11H,12,24H2,1-2H3. The number of halogens is 1. The number of rotatable bonds is 6. The second kappa shape index (κ2) is 8.87. The third kappa shape index (κ3) is 4.10. The molecule has 2 heterocycles. The number of hydrogen-bond acceptors (Lipinski definition) is 7. The van der Waals surface area contributed by atoms with E-state index < -0.39 is 22.8 Å². The SMILES string of the molecule is Cn1c(N)c(C(=O)CSc2nnc(-c3ccccc3)n2-c2ccc(F)cc2)c(=O)n(C)c1=O. The molecule has 0 fully saturated rings. The van der Waals surface area contributed by atoms with Gasteiger partial charge in [-0.1, -0.05) is 42.1 Å². The number of nitrogen functional groups attached to an aromatic ring is 1. The van der Waals surface area contributed by atoms with E-state index in [1.165, 1.54) is 26.2 Å². The van der Waals surface area contributed by atoms with Crippen LogP contribution in [0.1, 0.15) is 10.4 Å². The quantitative estimate of drug-likeness (QED) is 0.341. The molecule has 0 aliphatic carbocycles. The van der Waals surface area contributed by atoms with Gasteiger partial charge in [-0.3, -0.25) is 23.3 Å². The molecule has 0 aliphatic heterocycles. The number of nitrogens with zero attached hydrogens (tertiary/aromatic N) is 5. The van der Waals surface area contributed by atoms with Crippen LogP contribution >= 0.6 is 11.8 Å². The average molecular weight is 466 g/mol. The van der Waals surface area contributed by atoms with Crippen molar-refractivity contribution in [1.29, 1.82) is 0 Å². The zero-order chi connectivity index (χ0) is 23.7. The van der Waals surface area contributed by atoms with Crippen LogP contribution in [0.2, 0.25) is 0 Å². The molecule has 2 N–H and O–H groups in total. The van der Waals surface area contributed by atoms with Gasteiger partial charge in [0, 0.05) is 25.3 Å². The van der Waals surface area contributed by atoms with Crippen molar-refractivity contribution in [2.45, 2.75) is 5.16 Å². The summed E-state index contributed by atoms with van der Waals surface area (Å²) in [6.07, 6.45) is 0. The van der Waals surface area contributed by atoms with Crippen LogP contribution < -0.4 is 17.0 Å². The molecule has 4 rings (SSSR count). The van der Waals surface area contributed by atoms with Crippen LogP contribution in [0.5, 0.6) is 0 Å². The van der Waals surface area contributed by atoms with Gasteiger partial charge in [-0.2, -0.15) is 0 Å². The monoisotopic (exact) mass is 466 g/mol. The van der Waals surface area contributed by atoms with E-state index in [0.29, 0.717) is 16.7 Å². The van der Waals surface area contributed by atoms with Gasteiger partial charge in [-0.25, -0.2) is 9.18 Å². The van der Waals surface area contributed by atoms with Crippen molar-refractivity contribution in [3.8, 4) is 17.1 Å². The first-order chi connectivity index (χ1) is 15.8. The number of hydrogen-bond donors (Lipinski definition) is 1. The Morgan fingerprint density at radius 1 is 1.00 bits per heavy atom. The Morgan fingerprint density at radius 2 is 1.67 bits per heavy atom. The van der Waals surface area contributed by atoms with Crippen molar-refractivity contribution < 1.29 is 9.18 Å². The normalized spacial score (nSPS) is 11.0. The van der Waals surface area contributed by atoms with E-state index >= 15 is 0 Å². The van der Waals surface area contributed by atoms with Gasteiger partial charge < -0.3 is 5.73 Å². The lowest BCUT2D eigenvalue weighted by molar-refractivity contribution is 0.102. The molecule has 0 amide bonds. The van der Waals surface area contributed by atoms with E-state index in [9.17, 15) is 18.8 Å². The number of carbonyl (C=O) groups excluding carboxylic acids is 1. The number of carbonyl (C=O) groups is 1. The molecule has 0 atom stereocenters. The van der Waals surface area contributed by atoms with Gasteiger partial charge in [0.1, 0.15) is 17.2 Å². The summed E-state index contributed by atoms with van der Waals surface area (Å²) in [4.78, 5) is 37.4. The number of benzene rings is 2. The molecule has 2 aromatic carbocycles. The molecule has 9 nitrogen and oxygen atoms in total. The summed E-state index contributed by atoms with van der Waals surface area (Å²) in [6, 6.07) is 15.1. The zero-order valence-electron chi connectivity index (χ0n) is 17.7. The van der Waals surface area contributed by atoms with E-state index in [-0.39, 0.29) is 17.1 Å². The summed E-state index contributed by atoms with van der Waals surface area (Å²) in [5.74, 6) is -0.804. The number of ketones is 1. The maximum absolute atomic E-state index is 13.5. The van der Waals surface area contributed by atoms with Gasteiger partial charge in [0.25, 0.3) is 5.56 Å². The molecule has 11 heteroatoms. The van der Waals surface area contributed by atoms with Gasteiger partial charge in [0.2, 0.25) is 0 Å². The Labute approximate surface area is 191 Å². The Bertz CT molecular complexity index is 1460. The molecule has 0 unspecified atom stereocenters. The fourth-order valence-corrected chi connectivity index (χ4v) is 4.11. The number of anilines is 1. The molecule has 168 valence electrons. The predicted molar refractivity (Wildman–Crippen MR) is 123 cm³/mol. The first-order valence-corrected chi connectivity index (χ1v) is 10.8. The number of nitrogens with two attached hydrogens (primary N) is 1. The molecule has 0 bridgehead atoms. The highest BCUT2D eigenvalue weighted by Crippen LogP contribution is 2.28. The molecule has 0 saturated heterocycles. The van der Waals surface area contributed by atoms with Crippen LogP contribution in [-0.2, 0) is 14.1 Å². The first kappa shape index (κ1) is 22.2. The predicted octanol–water partition coefficient (Wildman–Crippen LogP) is 2.03. The molecule has 0 spiro atoms. The summed E-state index contributed by atoms with van der Waals surface area (Å²) in [7, 11) is 2.67. The van der Waals surface area contributed by atoms with Crippen molar-refractivity contribution in [3.05, 3.63) is 86.8 Å². The summed E-state index contributed by atoms with van der Waals surface area (Å²) in [5, 5.41) is 8.84. The van der Waals surface area contributed by atoms with Crippen LogP contribution in [-0.4, -0.2) is 35.4 Å². The van der Waals surface area contributed by atoms with Crippen LogP contribution in [0, 0.1) is 5.82 Å².